The zero-order chi connectivity index (χ0) is 15.7. The first-order chi connectivity index (χ1) is 9.78. The first-order valence-corrected chi connectivity index (χ1v) is 8.62. The Bertz CT molecular complexity index is 579. The first kappa shape index (κ1) is 15.7. The van der Waals surface area contributed by atoms with E-state index in [1.54, 1.807) is 30.3 Å². The summed E-state index contributed by atoms with van der Waals surface area (Å²) in [6.45, 7) is 0. The Hall–Kier alpha value is -1.65. The van der Waals surface area contributed by atoms with Gasteiger partial charge in [-0.1, -0.05) is 30.3 Å². The van der Waals surface area contributed by atoms with Crippen molar-refractivity contribution in [1.29, 1.82) is 0 Å². The quantitative estimate of drug-likeness (QED) is 0.524. The van der Waals surface area contributed by atoms with E-state index in [0.29, 0.717) is 18.4 Å². The Labute approximate surface area is 121 Å². The van der Waals surface area contributed by atoms with Crippen LogP contribution in [0, 0.1) is 11.3 Å². The predicted octanol–water partition coefficient (Wildman–Crippen LogP) is 2.02. The second kappa shape index (κ2) is 5.62. The molecule has 3 N–H and O–H groups in total. The smallest absolute Gasteiger partial charge is 0.321 e. The molecule has 0 aromatic heterocycles. The summed E-state index contributed by atoms with van der Waals surface area (Å²) in [6, 6.07) is 8.48. The van der Waals surface area contributed by atoms with Gasteiger partial charge in [0.1, 0.15) is 0 Å². The van der Waals surface area contributed by atoms with E-state index in [-0.39, 0.29) is 6.16 Å². The van der Waals surface area contributed by atoms with Crippen LogP contribution in [0.1, 0.15) is 18.4 Å². The van der Waals surface area contributed by atoms with Crippen LogP contribution in [-0.2, 0) is 20.3 Å². The highest BCUT2D eigenvalue weighted by atomic mass is 31.2. The van der Waals surface area contributed by atoms with Crippen LogP contribution in [0.5, 0.6) is 0 Å². The zero-order valence-corrected chi connectivity index (χ0v) is 12.2. The maximum Gasteiger partial charge on any atom is 0.321 e. The van der Waals surface area contributed by atoms with Crippen molar-refractivity contribution in [2.45, 2.75) is 19.0 Å². The van der Waals surface area contributed by atoms with E-state index >= 15 is 0 Å². The van der Waals surface area contributed by atoms with Crippen LogP contribution in [-0.4, -0.2) is 33.2 Å². The second-order valence-corrected chi connectivity index (χ2v) is 7.83. The number of carboxylic acids is 2. The molecule has 1 aromatic rings. The lowest BCUT2D eigenvalue weighted by Gasteiger charge is -2.27. The Balaban J connectivity index is 2.25. The number of rotatable bonds is 7. The number of hydrogen-bond donors (Lipinski definition) is 3. The maximum atomic E-state index is 12.4. The van der Waals surface area contributed by atoms with E-state index < -0.39 is 36.8 Å². The topological polar surface area (TPSA) is 112 Å². The molecule has 0 spiro atoms. The molecule has 0 aliphatic heterocycles. The number of hydrogen-bond acceptors (Lipinski definition) is 3. The van der Waals surface area contributed by atoms with Gasteiger partial charge in [-0.2, -0.15) is 0 Å². The van der Waals surface area contributed by atoms with Crippen molar-refractivity contribution in [2.24, 2.45) is 11.3 Å². The van der Waals surface area contributed by atoms with E-state index in [0.717, 1.165) is 0 Å². The second-order valence-electron chi connectivity index (χ2n) is 5.50. The van der Waals surface area contributed by atoms with E-state index in [4.69, 9.17) is 0 Å². The summed E-state index contributed by atoms with van der Waals surface area (Å²) in [5.41, 5.74) is -1.57. The van der Waals surface area contributed by atoms with Crippen LogP contribution in [0.2, 0.25) is 0 Å². The largest absolute Gasteiger partial charge is 0.480 e. The Morgan fingerprint density at radius 1 is 1.14 bits per heavy atom. The molecule has 6 nitrogen and oxygen atoms in total. The minimum absolute atomic E-state index is 0.219. The van der Waals surface area contributed by atoms with E-state index in [9.17, 15) is 29.3 Å². The van der Waals surface area contributed by atoms with Crippen molar-refractivity contribution >= 4 is 19.3 Å². The molecule has 0 heterocycles. The molecule has 1 fully saturated rings. The average molecular weight is 312 g/mol. The van der Waals surface area contributed by atoms with Gasteiger partial charge in [0.05, 0.1) is 6.16 Å². The van der Waals surface area contributed by atoms with Crippen molar-refractivity contribution < 1.29 is 29.3 Å². The molecule has 0 bridgehead atoms. The number of aliphatic carboxylic acids is 2. The molecule has 2 rings (SSSR count). The van der Waals surface area contributed by atoms with Crippen LogP contribution >= 0.6 is 7.37 Å². The molecule has 0 saturated heterocycles. The third kappa shape index (κ3) is 3.34. The number of carbonyl (C=O) groups is 2. The maximum absolute atomic E-state index is 12.4. The number of benzene rings is 1. The monoisotopic (exact) mass is 312 g/mol. The van der Waals surface area contributed by atoms with Crippen molar-refractivity contribution in [3.63, 3.8) is 0 Å². The van der Waals surface area contributed by atoms with Crippen LogP contribution in [0.25, 0.3) is 0 Å². The lowest BCUT2D eigenvalue weighted by molar-refractivity contribution is -0.164. The fraction of sp³-hybridized carbons (Fsp3) is 0.429. The molecule has 1 saturated carbocycles. The van der Waals surface area contributed by atoms with Gasteiger partial charge in [-0.25, -0.2) is 0 Å². The van der Waals surface area contributed by atoms with Crippen LogP contribution < -0.4 is 0 Å². The van der Waals surface area contributed by atoms with Crippen molar-refractivity contribution in [1.82, 2.24) is 0 Å². The molecule has 1 aromatic carbocycles. The third-order valence-corrected chi connectivity index (χ3v) is 5.66. The zero-order valence-electron chi connectivity index (χ0n) is 11.3. The van der Waals surface area contributed by atoms with Gasteiger partial charge in [-0.15, -0.1) is 0 Å². The van der Waals surface area contributed by atoms with Gasteiger partial charge in [0.15, 0.2) is 5.41 Å². The van der Waals surface area contributed by atoms with E-state index in [1.807, 2.05) is 0 Å². The summed E-state index contributed by atoms with van der Waals surface area (Å²) < 4.78 is 12.4. The average Bonchev–Trinajstić information content (AvgIpc) is 3.20. The van der Waals surface area contributed by atoms with Gasteiger partial charge in [-0.3, -0.25) is 14.2 Å². The van der Waals surface area contributed by atoms with Crippen LogP contribution in [0.15, 0.2) is 30.3 Å². The molecule has 7 heteroatoms. The molecule has 0 radical (unpaired) electrons. The van der Waals surface area contributed by atoms with Gasteiger partial charge < -0.3 is 15.1 Å². The molecule has 1 atom stereocenters. The predicted molar refractivity (Wildman–Crippen MR) is 75.3 cm³/mol. The summed E-state index contributed by atoms with van der Waals surface area (Å²) in [6.07, 6.45) is -0.0268. The van der Waals surface area contributed by atoms with Gasteiger partial charge in [0, 0.05) is 6.16 Å². The molecule has 21 heavy (non-hydrogen) atoms. The van der Waals surface area contributed by atoms with E-state index in [1.165, 1.54) is 0 Å². The molecular formula is C14H17O6P. The third-order valence-electron chi connectivity index (χ3n) is 3.81. The summed E-state index contributed by atoms with van der Waals surface area (Å²) in [4.78, 5) is 33.0. The SMILES string of the molecule is O=C(O)C(CP(=O)(O)Cc1ccccc1)(C(=O)O)C1CC1. The lowest BCUT2D eigenvalue weighted by Crippen LogP contribution is -2.44. The van der Waals surface area contributed by atoms with Crippen LogP contribution in [0.4, 0.5) is 0 Å². The molecular weight excluding hydrogens is 295 g/mol. The molecule has 1 aliphatic carbocycles. The molecule has 1 aliphatic rings. The Morgan fingerprint density at radius 3 is 2.10 bits per heavy atom. The Morgan fingerprint density at radius 2 is 1.67 bits per heavy atom. The minimum atomic E-state index is -3.92. The molecule has 1 unspecified atom stereocenters. The summed E-state index contributed by atoms with van der Waals surface area (Å²) in [7, 11) is -3.92. The molecule has 114 valence electrons. The summed E-state index contributed by atoms with van der Waals surface area (Å²) in [5.74, 6) is -3.62. The summed E-state index contributed by atoms with van der Waals surface area (Å²) >= 11 is 0. The van der Waals surface area contributed by atoms with Crippen molar-refractivity contribution in [3.8, 4) is 0 Å². The highest BCUT2D eigenvalue weighted by Gasteiger charge is 2.60. The summed E-state index contributed by atoms with van der Waals surface area (Å²) in [5, 5.41) is 18.6. The normalized spacial score (nSPS) is 18.0. The van der Waals surface area contributed by atoms with Gasteiger partial charge in [0.25, 0.3) is 0 Å². The van der Waals surface area contributed by atoms with Gasteiger partial charge >= 0.3 is 11.9 Å². The Kier molecular flexibility index (Phi) is 4.21. The van der Waals surface area contributed by atoms with Gasteiger partial charge in [-0.05, 0) is 24.3 Å². The standard InChI is InChI=1S/C14H17O6P/c15-12(16)14(13(17)18,11-6-7-11)9-21(19,20)8-10-4-2-1-3-5-10/h1-5,11H,6-9H2,(H,15,16)(H,17,18)(H,19,20). The van der Waals surface area contributed by atoms with Crippen LogP contribution in [0.3, 0.4) is 0 Å². The fourth-order valence-corrected chi connectivity index (χ4v) is 4.80. The highest BCUT2D eigenvalue weighted by molar-refractivity contribution is 7.57. The van der Waals surface area contributed by atoms with Crippen molar-refractivity contribution in [3.05, 3.63) is 35.9 Å². The van der Waals surface area contributed by atoms with Gasteiger partial charge in [0.2, 0.25) is 7.37 Å². The van der Waals surface area contributed by atoms with Crippen molar-refractivity contribution in [2.75, 3.05) is 6.16 Å². The fourth-order valence-electron chi connectivity index (χ4n) is 2.60. The highest BCUT2D eigenvalue weighted by Crippen LogP contribution is 2.56. The first-order valence-electron chi connectivity index (χ1n) is 6.59. The lowest BCUT2D eigenvalue weighted by atomic mass is 9.85. The minimum Gasteiger partial charge on any atom is -0.480 e. The number of carboxylic acid groups (broad SMARTS) is 2. The molecule has 0 amide bonds. The van der Waals surface area contributed by atoms with E-state index in [2.05, 4.69) is 0 Å².